The zero-order valence-corrected chi connectivity index (χ0v) is 20.8. The summed E-state index contributed by atoms with van der Waals surface area (Å²) < 4.78 is 7.53. The number of carbonyl (C=O) groups is 1. The highest BCUT2D eigenvalue weighted by Gasteiger charge is 2.33. The van der Waals surface area contributed by atoms with E-state index in [-0.39, 0.29) is 12.2 Å². The van der Waals surface area contributed by atoms with Gasteiger partial charge in [0.25, 0.3) is 5.56 Å². The Kier molecular flexibility index (Phi) is 6.95. The van der Waals surface area contributed by atoms with Gasteiger partial charge in [0.1, 0.15) is 6.04 Å². The number of fused-ring (bicyclic) bond motifs is 1. The van der Waals surface area contributed by atoms with Crippen LogP contribution in [0.25, 0.3) is 6.08 Å². The normalized spacial score (nSPS) is 15.9. The summed E-state index contributed by atoms with van der Waals surface area (Å²) in [4.78, 5) is 34.7. The van der Waals surface area contributed by atoms with Crippen LogP contribution in [-0.2, 0) is 9.53 Å². The Morgan fingerprint density at radius 1 is 1.18 bits per heavy atom. The number of aromatic nitrogens is 1. The number of hydrogen-bond donors (Lipinski definition) is 0. The summed E-state index contributed by atoms with van der Waals surface area (Å²) in [7, 11) is 0. The lowest BCUT2D eigenvalue weighted by atomic mass is 10.0. The Hall–Kier alpha value is -2.97. The van der Waals surface area contributed by atoms with Gasteiger partial charge in [-0.2, -0.15) is 0 Å². The molecule has 1 aliphatic heterocycles. The number of carbonyl (C=O) groups excluding carboxylic acids is 1. The van der Waals surface area contributed by atoms with E-state index in [1.807, 2.05) is 35.7 Å². The minimum absolute atomic E-state index is 0.153. The molecule has 0 bridgehead atoms. The molecule has 4 rings (SSSR count). The summed E-state index contributed by atoms with van der Waals surface area (Å²) in [6, 6.07) is 11.5. The van der Waals surface area contributed by atoms with E-state index in [1.165, 1.54) is 22.7 Å². The maximum absolute atomic E-state index is 13.5. The molecule has 0 saturated carbocycles. The summed E-state index contributed by atoms with van der Waals surface area (Å²) in [6.45, 7) is 9.99. The summed E-state index contributed by atoms with van der Waals surface area (Å²) in [5, 5.41) is 1.95. The van der Waals surface area contributed by atoms with Crippen LogP contribution in [0, 0.1) is 0 Å². The van der Waals surface area contributed by atoms with Gasteiger partial charge in [-0.1, -0.05) is 29.5 Å². The van der Waals surface area contributed by atoms with Gasteiger partial charge in [0, 0.05) is 23.7 Å². The van der Waals surface area contributed by atoms with E-state index in [4.69, 9.17) is 4.74 Å². The molecule has 6 nitrogen and oxygen atoms in total. The second kappa shape index (κ2) is 9.89. The predicted octanol–water partition coefficient (Wildman–Crippen LogP) is 3.71. The molecule has 0 fully saturated rings. The highest BCUT2D eigenvalue weighted by Crippen LogP contribution is 2.33. The van der Waals surface area contributed by atoms with E-state index < -0.39 is 12.0 Å². The molecule has 33 heavy (non-hydrogen) atoms. The average molecular weight is 482 g/mol. The largest absolute Gasteiger partial charge is 0.463 e. The lowest BCUT2D eigenvalue weighted by Crippen LogP contribution is -2.39. The van der Waals surface area contributed by atoms with Crippen LogP contribution in [-0.4, -0.2) is 30.2 Å². The number of benzene rings is 1. The summed E-state index contributed by atoms with van der Waals surface area (Å²) in [5.41, 5.74) is 2.96. The monoisotopic (exact) mass is 481 g/mol. The first-order valence-electron chi connectivity index (χ1n) is 11.1. The lowest BCUT2D eigenvalue weighted by Gasteiger charge is -2.23. The number of allylic oxidation sites excluding steroid dienone is 1. The van der Waals surface area contributed by atoms with Crippen molar-refractivity contribution < 1.29 is 9.53 Å². The van der Waals surface area contributed by atoms with Gasteiger partial charge in [0.2, 0.25) is 0 Å². The van der Waals surface area contributed by atoms with Gasteiger partial charge in [0.05, 0.1) is 22.4 Å². The first-order valence-corrected chi connectivity index (χ1v) is 12.8. The molecule has 172 valence electrons. The molecule has 0 saturated heterocycles. The van der Waals surface area contributed by atoms with E-state index in [2.05, 4.69) is 35.9 Å². The second-order valence-electron chi connectivity index (χ2n) is 7.58. The third kappa shape index (κ3) is 4.45. The van der Waals surface area contributed by atoms with Gasteiger partial charge in [0.15, 0.2) is 4.80 Å². The number of hydrogen-bond acceptors (Lipinski definition) is 7. The van der Waals surface area contributed by atoms with Crippen molar-refractivity contribution in [1.29, 1.82) is 0 Å². The van der Waals surface area contributed by atoms with Crippen molar-refractivity contribution in [3.8, 4) is 0 Å². The Bertz CT molecular complexity index is 1350. The Morgan fingerprint density at radius 2 is 1.91 bits per heavy atom. The van der Waals surface area contributed by atoms with Crippen LogP contribution in [0.15, 0.2) is 62.8 Å². The zero-order valence-electron chi connectivity index (χ0n) is 19.2. The number of esters is 1. The minimum Gasteiger partial charge on any atom is -0.463 e. The maximum Gasteiger partial charge on any atom is 0.338 e. The van der Waals surface area contributed by atoms with E-state index in [1.54, 1.807) is 18.4 Å². The van der Waals surface area contributed by atoms with Crippen molar-refractivity contribution in [2.45, 2.75) is 33.7 Å². The molecule has 0 aliphatic carbocycles. The van der Waals surface area contributed by atoms with E-state index >= 15 is 0 Å². The van der Waals surface area contributed by atoms with Gasteiger partial charge in [-0.05, 0) is 62.9 Å². The molecule has 0 unspecified atom stereocenters. The topological polar surface area (TPSA) is 63.9 Å². The number of thiophene rings is 1. The lowest BCUT2D eigenvalue weighted by molar-refractivity contribution is -0.139. The summed E-state index contributed by atoms with van der Waals surface area (Å²) in [6.07, 6.45) is 1.89. The van der Waals surface area contributed by atoms with Crippen LogP contribution in [0.4, 0.5) is 5.69 Å². The molecule has 8 heteroatoms. The van der Waals surface area contributed by atoms with Gasteiger partial charge in [-0.15, -0.1) is 11.3 Å². The Balaban J connectivity index is 1.82. The summed E-state index contributed by atoms with van der Waals surface area (Å²) >= 11 is 2.86. The molecular weight excluding hydrogens is 454 g/mol. The quantitative estimate of drug-likeness (QED) is 0.483. The number of thiazole rings is 1. The highest BCUT2D eigenvalue weighted by atomic mass is 32.1. The molecule has 0 amide bonds. The van der Waals surface area contributed by atoms with E-state index in [0.717, 1.165) is 29.2 Å². The molecule has 0 spiro atoms. The van der Waals surface area contributed by atoms with Crippen molar-refractivity contribution in [2.24, 2.45) is 4.99 Å². The van der Waals surface area contributed by atoms with Crippen LogP contribution in [0.1, 0.15) is 44.2 Å². The van der Waals surface area contributed by atoms with E-state index in [0.29, 0.717) is 20.6 Å². The van der Waals surface area contributed by atoms with E-state index in [9.17, 15) is 9.59 Å². The maximum atomic E-state index is 13.5. The molecule has 0 radical (unpaired) electrons. The first kappa shape index (κ1) is 23.2. The van der Waals surface area contributed by atoms with Crippen LogP contribution >= 0.6 is 22.7 Å². The van der Waals surface area contributed by atoms with Crippen molar-refractivity contribution in [1.82, 2.24) is 4.57 Å². The smallest absolute Gasteiger partial charge is 0.338 e. The Morgan fingerprint density at radius 3 is 2.52 bits per heavy atom. The molecule has 0 N–H and O–H groups in total. The second-order valence-corrected chi connectivity index (χ2v) is 9.57. The van der Waals surface area contributed by atoms with Crippen LogP contribution in [0.3, 0.4) is 0 Å². The van der Waals surface area contributed by atoms with Crippen molar-refractivity contribution in [3.63, 3.8) is 0 Å². The van der Waals surface area contributed by atoms with Crippen LogP contribution in [0.2, 0.25) is 0 Å². The SMILES string of the molecule is CCOC(=O)C1=C(C)N=c2s/c(=C/c3ccc(N(CC)CC)cc3)c(=O)n2[C@H]1c1cccs1. The molecule has 1 atom stereocenters. The zero-order chi connectivity index (χ0) is 23.5. The van der Waals surface area contributed by atoms with Crippen molar-refractivity contribution >= 4 is 40.4 Å². The third-order valence-electron chi connectivity index (χ3n) is 5.65. The molecule has 3 heterocycles. The standard InChI is InChI=1S/C25H27N3O3S2/c1-5-27(6-2)18-12-10-17(11-13-18)15-20-23(29)28-22(19-9-8-14-32-19)21(24(30)31-7-3)16(4)26-25(28)33-20/h8-15,22H,5-7H2,1-4H3/b20-15+/t22-/m0/s1. The molecular formula is C25H27N3O3S2. The fourth-order valence-electron chi connectivity index (χ4n) is 4.03. The van der Waals surface area contributed by atoms with Gasteiger partial charge < -0.3 is 9.64 Å². The molecule has 1 aliphatic rings. The van der Waals surface area contributed by atoms with Gasteiger partial charge in [-0.3, -0.25) is 9.36 Å². The van der Waals surface area contributed by atoms with Gasteiger partial charge in [-0.25, -0.2) is 9.79 Å². The number of rotatable bonds is 7. The fraction of sp³-hybridized carbons (Fsp3) is 0.320. The highest BCUT2D eigenvalue weighted by molar-refractivity contribution is 7.10. The molecule has 3 aromatic rings. The van der Waals surface area contributed by atoms with Crippen LogP contribution < -0.4 is 19.8 Å². The van der Waals surface area contributed by atoms with Crippen molar-refractivity contribution in [2.75, 3.05) is 24.6 Å². The number of nitrogens with zero attached hydrogens (tertiary/aromatic N) is 3. The third-order valence-corrected chi connectivity index (χ3v) is 7.56. The predicted molar refractivity (Wildman–Crippen MR) is 135 cm³/mol. The number of ether oxygens (including phenoxy) is 1. The van der Waals surface area contributed by atoms with Crippen LogP contribution in [0.5, 0.6) is 0 Å². The van der Waals surface area contributed by atoms with Crippen molar-refractivity contribution in [3.05, 3.63) is 83.2 Å². The first-order chi connectivity index (χ1) is 16.0. The summed E-state index contributed by atoms with van der Waals surface area (Å²) in [5.74, 6) is -0.432. The molecule has 2 aromatic heterocycles. The molecule has 1 aromatic carbocycles. The Labute approximate surface area is 200 Å². The number of anilines is 1. The average Bonchev–Trinajstić information content (AvgIpc) is 3.44. The minimum atomic E-state index is -0.535. The fourth-order valence-corrected chi connectivity index (χ4v) is 5.90. The van der Waals surface area contributed by atoms with Gasteiger partial charge >= 0.3 is 5.97 Å².